The van der Waals surface area contributed by atoms with Crippen molar-refractivity contribution in [3.05, 3.63) is 64.7 Å². The molecule has 0 unspecified atom stereocenters. The number of allylic oxidation sites excluding steroid dienone is 2. The third kappa shape index (κ3) is 3.56. The predicted molar refractivity (Wildman–Crippen MR) is 139 cm³/mol. The van der Waals surface area contributed by atoms with E-state index in [1.54, 1.807) is 18.2 Å². The Morgan fingerprint density at radius 2 is 1.70 bits per heavy atom. The van der Waals surface area contributed by atoms with Crippen molar-refractivity contribution in [2.75, 3.05) is 23.5 Å². The van der Waals surface area contributed by atoms with Crippen molar-refractivity contribution in [2.24, 2.45) is 41.4 Å². The van der Waals surface area contributed by atoms with E-state index in [0.717, 1.165) is 6.42 Å². The first-order chi connectivity index (χ1) is 19.3. The number of ether oxygens (including phenoxy) is 2. The lowest BCUT2D eigenvalue weighted by molar-refractivity contribution is -0.384. The number of benzene rings is 2. The van der Waals surface area contributed by atoms with Crippen LogP contribution in [0.25, 0.3) is 0 Å². The monoisotopic (exact) mass is 543 g/mol. The van der Waals surface area contributed by atoms with Crippen molar-refractivity contribution in [3.63, 3.8) is 0 Å². The molecule has 40 heavy (non-hydrogen) atoms. The van der Waals surface area contributed by atoms with Gasteiger partial charge in [-0.1, -0.05) is 18.2 Å². The number of imide groups is 1. The summed E-state index contributed by atoms with van der Waals surface area (Å²) in [6, 6.07) is 10.3. The molecular weight excluding hydrogens is 518 g/mol. The first-order valence-electron chi connectivity index (χ1n) is 13.3. The number of rotatable bonds is 6. The van der Waals surface area contributed by atoms with Gasteiger partial charge in [0.05, 0.1) is 47.2 Å². The van der Waals surface area contributed by atoms with Crippen molar-refractivity contribution in [1.82, 2.24) is 0 Å². The molecule has 0 aromatic heterocycles. The maximum absolute atomic E-state index is 13.4. The number of carbonyl (C=O) groups is 4. The molecule has 2 saturated heterocycles. The van der Waals surface area contributed by atoms with Gasteiger partial charge in [-0.2, -0.15) is 0 Å². The molecule has 2 aromatic rings. The summed E-state index contributed by atoms with van der Waals surface area (Å²) in [5, 5.41) is 11.1. The number of methoxy groups -OCH3 is 1. The number of non-ortho nitro benzene ring substituents is 1. The van der Waals surface area contributed by atoms with E-state index in [1.807, 2.05) is 0 Å². The van der Waals surface area contributed by atoms with Crippen LogP contribution < -0.4 is 19.3 Å². The minimum atomic E-state index is -0.789. The smallest absolute Gasteiger partial charge is 0.316 e. The summed E-state index contributed by atoms with van der Waals surface area (Å²) in [7, 11) is 1.34. The lowest BCUT2D eigenvalue weighted by Gasteiger charge is -2.37. The molecule has 204 valence electrons. The van der Waals surface area contributed by atoms with Crippen molar-refractivity contribution in [3.8, 4) is 11.5 Å². The van der Waals surface area contributed by atoms with Crippen molar-refractivity contribution >= 4 is 40.8 Å². The number of anilines is 2. The Morgan fingerprint density at radius 1 is 1.00 bits per heavy atom. The zero-order valence-electron chi connectivity index (χ0n) is 21.5. The largest absolute Gasteiger partial charge is 0.494 e. The van der Waals surface area contributed by atoms with E-state index in [4.69, 9.17) is 9.47 Å². The Morgan fingerprint density at radius 3 is 2.35 bits per heavy atom. The number of nitro benzene ring substituents is 1. The lowest BCUT2D eigenvalue weighted by Crippen LogP contribution is -2.40. The molecule has 0 radical (unpaired) electrons. The molecule has 2 saturated carbocycles. The van der Waals surface area contributed by atoms with Crippen LogP contribution in [0.3, 0.4) is 0 Å². The number of nitrogens with zero attached hydrogens (tertiary/aromatic N) is 3. The van der Waals surface area contributed by atoms with E-state index in [0.29, 0.717) is 23.2 Å². The fourth-order valence-corrected chi connectivity index (χ4v) is 7.20. The Labute approximate surface area is 228 Å². The highest BCUT2D eigenvalue weighted by Gasteiger charge is 2.67. The minimum absolute atomic E-state index is 0.0100. The molecule has 2 heterocycles. The number of hydrogen-bond acceptors (Lipinski definition) is 8. The summed E-state index contributed by atoms with van der Waals surface area (Å²) in [5.74, 6) is -1.29. The number of hydrogen-bond donors (Lipinski definition) is 0. The standard InChI is InChI=1S/C29H25N3O8/c1-39-23-11-16(32(37)38)5-8-22(23)30-13-14(9-24(30)33)29(36)40-17-4-2-3-15(10-17)31-27(34)25-18-6-7-19(21-12-20(18)21)26(25)28(31)35/h2-8,10-11,14,18-21,25-26H,9,12-13H2,1H3/t14-,18+,19+,20+,21+,25-,26-/m1/s1. The molecule has 0 spiro atoms. The molecule has 2 aromatic carbocycles. The SMILES string of the molecule is COc1cc([N+](=O)[O-])ccc1N1C[C@H](C(=O)Oc2cccc(N3C(=O)[C@@H]4[C@H]5C=C[C@@H]([C@@H]6C[C@@H]56)[C@H]4C3=O)c2)CC1=O. The normalized spacial score (nSPS) is 31.3. The summed E-state index contributed by atoms with van der Waals surface area (Å²) in [5.41, 5.74) is 0.504. The molecule has 2 bridgehead atoms. The van der Waals surface area contributed by atoms with Gasteiger partial charge in [-0.05, 0) is 48.3 Å². The van der Waals surface area contributed by atoms with E-state index in [9.17, 15) is 29.3 Å². The van der Waals surface area contributed by atoms with E-state index in [2.05, 4.69) is 12.2 Å². The second-order valence-corrected chi connectivity index (χ2v) is 11.1. The van der Waals surface area contributed by atoms with Crippen molar-refractivity contribution < 1.29 is 33.6 Å². The Kier molecular flexibility index (Phi) is 5.35. The molecule has 0 N–H and O–H groups in total. The summed E-state index contributed by atoms with van der Waals surface area (Å²) >= 11 is 0. The van der Waals surface area contributed by atoms with Crippen LogP contribution in [-0.4, -0.2) is 42.3 Å². The molecule has 7 atom stereocenters. The topological polar surface area (TPSA) is 136 Å². The fourth-order valence-electron chi connectivity index (χ4n) is 7.20. The second kappa shape index (κ2) is 8.73. The van der Waals surface area contributed by atoms with Crippen LogP contribution in [0.5, 0.6) is 11.5 Å². The van der Waals surface area contributed by atoms with Gasteiger partial charge in [-0.3, -0.25) is 29.3 Å². The third-order valence-electron chi connectivity index (χ3n) is 9.08. The van der Waals surface area contributed by atoms with Gasteiger partial charge in [0.2, 0.25) is 17.7 Å². The van der Waals surface area contributed by atoms with Crippen LogP contribution >= 0.6 is 0 Å². The van der Waals surface area contributed by atoms with Crippen LogP contribution in [-0.2, 0) is 19.2 Å². The van der Waals surface area contributed by atoms with Crippen LogP contribution in [0.4, 0.5) is 17.1 Å². The molecule has 11 nitrogen and oxygen atoms in total. The first kappa shape index (κ1) is 24.5. The molecule has 4 aliphatic carbocycles. The molecule has 6 aliphatic rings. The molecule has 3 amide bonds. The Hall–Kier alpha value is -4.54. The highest BCUT2D eigenvalue weighted by molar-refractivity contribution is 6.22. The zero-order valence-corrected chi connectivity index (χ0v) is 21.5. The average Bonchev–Trinajstić information content (AvgIpc) is 3.63. The van der Waals surface area contributed by atoms with Gasteiger partial charge < -0.3 is 14.4 Å². The minimum Gasteiger partial charge on any atom is -0.494 e. The molecule has 4 fully saturated rings. The highest BCUT2D eigenvalue weighted by Crippen LogP contribution is 2.65. The second-order valence-electron chi connectivity index (χ2n) is 11.1. The average molecular weight is 544 g/mol. The third-order valence-corrected chi connectivity index (χ3v) is 9.08. The summed E-state index contributed by atoms with van der Waals surface area (Å²) in [6.07, 6.45) is 5.21. The lowest BCUT2D eigenvalue weighted by atomic mass is 9.63. The van der Waals surface area contributed by atoms with Gasteiger partial charge in [0.1, 0.15) is 11.5 Å². The maximum Gasteiger partial charge on any atom is 0.316 e. The van der Waals surface area contributed by atoms with Gasteiger partial charge in [0.15, 0.2) is 0 Å². The Balaban J connectivity index is 1.07. The van der Waals surface area contributed by atoms with Crippen molar-refractivity contribution in [1.29, 1.82) is 0 Å². The molecule has 11 heteroatoms. The molecule has 2 aliphatic heterocycles. The quantitative estimate of drug-likeness (QED) is 0.135. The molecule has 8 rings (SSSR count). The van der Waals surface area contributed by atoms with Gasteiger partial charge >= 0.3 is 5.97 Å². The highest BCUT2D eigenvalue weighted by atomic mass is 16.6. The summed E-state index contributed by atoms with van der Waals surface area (Å²) in [6.45, 7) is 0.0100. The maximum atomic E-state index is 13.4. The summed E-state index contributed by atoms with van der Waals surface area (Å²) in [4.78, 5) is 65.8. The van der Waals surface area contributed by atoms with Crippen LogP contribution in [0, 0.1) is 51.5 Å². The zero-order chi connectivity index (χ0) is 27.9. The van der Waals surface area contributed by atoms with Gasteiger partial charge in [-0.25, -0.2) is 4.90 Å². The fraction of sp³-hybridized carbons (Fsp3) is 0.379. The number of esters is 1. The van der Waals surface area contributed by atoms with Crippen LogP contribution in [0.1, 0.15) is 12.8 Å². The van der Waals surface area contributed by atoms with Gasteiger partial charge in [0, 0.05) is 25.1 Å². The van der Waals surface area contributed by atoms with Gasteiger partial charge in [-0.15, -0.1) is 0 Å². The van der Waals surface area contributed by atoms with E-state index < -0.39 is 16.8 Å². The van der Waals surface area contributed by atoms with E-state index in [-0.39, 0.29) is 71.5 Å². The Bertz CT molecular complexity index is 1500. The first-order valence-corrected chi connectivity index (χ1v) is 13.3. The molecular formula is C29H25N3O8. The van der Waals surface area contributed by atoms with Crippen LogP contribution in [0.2, 0.25) is 0 Å². The predicted octanol–water partition coefficient (Wildman–Crippen LogP) is 3.12. The van der Waals surface area contributed by atoms with Gasteiger partial charge in [0.25, 0.3) is 5.69 Å². The summed E-state index contributed by atoms with van der Waals surface area (Å²) < 4.78 is 10.9. The van der Waals surface area contributed by atoms with Crippen molar-refractivity contribution in [2.45, 2.75) is 12.8 Å². The van der Waals surface area contributed by atoms with E-state index in [1.165, 1.54) is 41.2 Å². The number of amides is 3. The van der Waals surface area contributed by atoms with Crippen LogP contribution in [0.15, 0.2) is 54.6 Å². The number of nitro groups is 1. The number of carbonyl (C=O) groups excluding carboxylic acids is 4. The van der Waals surface area contributed by atoms with E-state index >= 15 is 0 Å².